The van der Waals surface area contributed by atoms with Gasteiger partial charge in [0.25, 0.3) is 5.56 Å². The number of hydrogen-bond donors (Lipinski definition) is 1. The standard InChI is InChI=1S/C17H20N8O/c1-22-4-2-12-8-24(9-14(12)22)15-6-16(20-10-19-15)25-17(26)13(7-21-25)23-5-3-18-11-23/h3,5-7,10-12,14,21H,2,4,8-9H2,1H3. The normalized spacial score (nSPS) is 22.9. The van der Waals surface area contributed by atoms with Crippen molar-refractivity contribution in [1.82, 2.24) is 34.2 Å². The number of rotatable bonds is 3. The second kappa shape index (κ2) is 5.80. The molecule has 134 valence electrons. The van der Waals surface area contributed by atoms with Crippen LogP contribution in [0.3, 0.4) is 0 Å². The topological polar surface area (TPSA) is 87.9 Å². The largest absolute Gasteiger partial charge is 0.355 e. The van der Waals surface area contributed by atoms with E-state index in [0.717, 1.165) is 18.9 Å². The lowest BCUT2D eigenvalue weighted by Gasteiger charge is -2.21. The quantitative estimate of drug-likeness (QED) is 0.729. The average Bonchev–Trinajstić information content (AvgIpc) is 3.41. The van der Waals surface area contributed by atoms with E-state index in [2.05, 4.69) is 36.9 Å². The maximum absolute atomic E-state index is 12.7. The Labute approximate surface area is 149 Å². The van der Waals surface area contributed by atoms with Crippen molar-refractivity contribution in [1.29, 1.82) is 0 Å². The van der Waals surface area contributed by atoms with Gasteiger partial charge in [-0.3, -0.25) is 14.5 Å². The highest BCUT2D eigenvalue weighted by Gasteiger charge is 2.40. The molecule has 5 heterocycles. The van der Waals surface area contributed by atoms with Crippen LogP contribution in [0.25, 0.3) is 11.5 Å². The summed E-state index contributed by atoms with van der Waals surface area (Å²) in [5.74, 6) is 2.10. The molecule has 2 fully saturated rings. The van der Waals surface area contributed by atoms with Crippen LogP contribution in [0.5, 0.6) is 0 Å². The van der Waals surface area contributed by atoms with Crippen molar-refractivity contribution in [2.45, 2.75) is 12.5 Å². The summed E-state index contributed by atoms with van der Waals surface area (Å²) < 4.78 is 3.11. The van der Waals surface area contributed by atoms with E-state index >= 15 is 0 Å². The Hall–Kier alpha value is -2.94. The van der Waals surface area contributed by atoms with Crippen LogP contribution in [0, 0.1) is 5.92 Å². The van der Waals surface area contributed by atoms with Gasteiger partial charge in [-0.15, -0.1) is 0 Å². The Morgan fingerprint density at radius 2 is 2.12 bits per heavy atom. The van der Waals surface area contributed by atoms with Crippen molar-refractivity contribution in [3.63, 3.8) is 0 Å². The number of aromatic amines is 1. The molecule has 2 saturated heterocycles. The highest BCUT2D eigenvalue weighted by Crippen LogP contribution is 2.32. The number of H-pyrrole nitrogens is 1. The number of likely N-dealkylation sites (tertiary alicyclic amines) is 1. The molecule has 26 heavy (non-hydrogen) atoms. The molecule has 0 amide bonds. The second-order valence-electron chi connectivity index (χ2n) is 7.01. The van der Waals surface area contributed by atoms with E-state index in [0.29, 0.717) is 23.5 Å². The Morgan fingerprint density at radius 3 is 2.92 bits per heavy atom. The first-order chi connectivity index (χ1) is 12.7. The van der Waals surface area contributed by atoms with Crippen molar-refractivity contribution in [3.05, 3.63) is 47.7 Å². The monoisotopic (exact) mass is 352 g/mol. The number of anilines is 1. The van der Waals surface area contributed by atoms with E-state index in [-0.39, 0.29) is 5.56 Å². The van der Waals surface area contributed by atoms with Crippen LogP contribution in [0.2, 0.25) is 0 Å². The Bertz CT molecular complexity index is 975. The first kappa shape index (κ1) is 15.3. The van der Waals surface area contributed by atoms with Gasteiger partial charge in [0.15, 0.2) is 5.82 Å². The number of fused-ring (bicyclic) bond motifs is 1. The van der Waals surface area contributed by atoms with Gasteiger partial charge in [0.2, 0.25) is 0 Å². The lowest BCUT2D eigenvalue weighted by atomic mass is 10.1. The van der Waals surface area contributed by atoms with Gasteiger partial charge in [-0.25, -0.2) is 15.0 Å². The molecule has 0 aromatic carbocycles. The molecule has 0 aliphatic carbocycles. The average molecular weight is 352 g/mol. The lowest BCUT2D eigenvalue weighted by molar-refractivity contribution is 0.310. The van der Waals surface area contributed by atoms with Gasteiger partial charge in [-0.2, -0.15) is 4.68 Å². The predicted octanol–water partition coefficient (Wildman–Crippen LogP) is 0.282. The van der Waals surface area contributed by atoms with Crippen LogP contribution in [0.4, 0.5) is 5.82 Å². The molecule has 0 bridgehead atoms. The van der Waals surface area contributed by atoms with Gasteiger partial charge in [0.05, 0.1) is 6.33 Å². The second-order valence-corrected chi connectivity index (χ2v) is 7.01. The van der Waals surface area contributed by atoms with E-state index in [1.54, 1.807) is 29.5 Å². The number of nitrogens with one attached hydrogen (secondary N) is 1. The van der Waals surface area contributed by atoms with Crippen LogP contribution < -0.4 is 10.5 Å². The molecular formula is C17H20N8O. The fourth-order valence-corrected chi connectivity index (χ4v) is 4.11. The summed E-state index contributed by atoms with van der Waals surface area (Å²) in [7, 11) is 2.19. The minimum absolute atomic E-state index is 0.175. The number of aromatic nitrogens is 6. The van der Waals surface area contributed by atoms with Gasteiger partial charge >= 0.3 is 0 Å². The van der Waals surface area contributed by atoms with E-state index in [1.165, 1.54) is 24.0 Å². The minimum atomic E-state index is -0.175. The molecule has 0 radical (unpaired) electrons. The molecular weight excluding hydrogens is 332 g/mol. The van der Waals surface area contributed by atoms with Crippen molar-refractivity contribution in [2.24, 2.45) is 5.92 Å². The molecule has 2 aliphatic rings. The van der Waals surface area contributed by atoms with Crippen molar-refractivity contribution in [3.8, 4) is 11.5 Å². The molecule has 3 aromatic heterocycles. The summed E-state index contributed by atoms with van der Waals surface area (Å²) in [5, 5.41) is 2.98. The maximum atomic E-state index is 12.7. The highest BCUT2D eigenvalue weighted by molar-refractivity contribution is 5.45. The minimum Gasteiger partial charge on any atom is -0.355 e. The van der Waals surface area contributed by atoms with Crippen LogP contribution in [0.15, 0.2) is 42.1 Å². The summed E-state index contributed by atoms with van der Waals surface area (Å²) in [6.45, 7) is 3.15. The number of likely N-dealkylation sites (N-methyl/N-ethyl adjacent to an activating group) is 1. The van der Waals surface area contributed by atoms with Gasteiger partial charge in [0, 0.05) is 43.8 Å². The molecule has 2 atom stereocenters. The molecule has 2 aliphatic heterocycles. The predicted molar refractivity (Wildman–Crippen MR) is 95.8 cm³/mol. The highest BCUT2D eigenvalue weighted by atomic mass is 16.1. The number of imidazole rings is 1. The third kappa shape index (κ3) is 2.35. The van der Waals surface area contributed by atoms with Crippen molar-refractivity contribution in [2.75, 3.05) is 31.6 Å². The zero-order valence-corrected chi connectivity index (χ0v) is 14.5. The molecule has 2 unspecified atom stereocenters. The van der Waals surface area contributed by atoms with Crippen LogP contribution in [-0.4, -0.2) is 66.9 Å². The van der Waals surface area contributed by atoms with E-state index in [4.69, 9.17) is 0 Å². The molecule has 0 spiro atoms. The zero-order valence-electron chi connectivity index (χ0n) is 14.5. The first-order valence-electron chi connectivity index (χ1n) is 8.77. The molecule has 1 N–H and O–H groups in total. The lowest BCUT2D eigenvalue weighted by Crippen LogP contribution is -2.32. The summed E-state index contributed by atoms with van der Waals surface area (Å²) >= 11 is 0. The zero-order chi connectivity index (χ0) is 17.7. The maximum Gasteiger partial charge on any atom is 0.296 e. The van der Waals surface area contributed by atoms with Gasteiger partial charge in [0.1, 0.15) is 17.8 Å². The molecule has 5 rings (SSSR count). The molecule has 9 heteroatoms. The molecule has 3 aromatic rings. The molecule has 9 nitrogen and oxygen atoms in total. The van der Waals surface area contributed by atoms with E-state index in [1.807, 2.05) is 6.07 Å². The Morgan fingerprint density at radius 1 is 1.23 bits per heavy atom. The first-order valence-corrected chi connectivity index (χ1v) is 8.77. The third-order valence-corrected chi connectivity index (χ3v) is 5.55. The van der Waals surface area contributed by atoms with Crippen molar-refractivity contribution < 1.29 is 0 Å². The SMILES string of the molecule is CN1CCC2CN(c3cc(-n4[nH]cc(-n5ccnc5)c4=O)ncn3)CC21. The summed E-state index contributed by atoms with van der Waals surface area (Å²) in [6.07, 6.45) is 9.38. The number of hydrogen-bond acceptors (Lipinski definition) is 6. The smallest absolute Gasteiger partial charge is 0.296 e. The van der Waals surface area contributed by atoms with E-state index < -0.39 is 0 Å². The summed E-state index contributed by atoms with van der Waals surface area (Å²) in [4.78, 5) is 30.1. The summed E-state index contributed by atoms with van der Waals surface area (Å²) in [5.41, 5.74) is 0.325. The fraction of sp³-hybridized carbons (Fsp3) is 0.412. The van der Waals surface area contributed by atoms with Crippen LogP contribution in [0.1, 0.15) is 6.42 Å². The Balaban J connectivity index is 1.45. The van der Waals surface area contributed by atoms with Gasteiger partial charge in [-0.05, 0) is 25.9 Å². The Kier molecular flexibility index (Phi) is 3.42. The molecule has 0 saturated carbocycles. The van der Waals surface area contributed by atoms with Crippen molar-refractivity contribution >= 4 is 5.82 Å². The van der Waals surface area contributed by atoms with Crippen LogP contribution in [-0.2, 0) is 0 Å². The van der Waals surface area contributed by atoms with Crippen LogP contribution >= 0.6 is 0 Å². The van der Waals surface area contributed by atoms with Gasteiger partial charge < -0.3 is 9.80 Å². The van der Waals surface area contributed by atoms with Gasteiger partial charge in [-0.1, -0.05) is 0 Å². The number of nitrogens with zero attached hydrogens (tertiary/aromatic N) is 7. The third-order valence-electron chi connectivity index (χ3n) is 5.55. The van der Waals surface area contributed by atoms with E-state index in [9.17, 15) is 4.79 Å². The summed E-state index contributed by atoms with van der Waals surface area (Å²) in [6, 6.07) is 2.46. The fourth-order valence-electron chi connectivity index (χ4n) is 4.11.